The number of benzene rings is 1. The molecule has 1 aliphatic heterocycles. The van der Waals surface area contributed by atoms with E-state index in [0.717, 1.165) is 0 Å². The number of carbonyl (C=O) groups excluding carboxylic acids is 3. The van der Waals surface area contributed by atoms with Crippen molar-refractivity contribution >= 4 is 35.0 Å². The predicted molar refractivity (Wildman–Crippen MR) is 112 cm³/mol. The highest BCUT2D eigenvalue weighted by Gasteiger charge is 2.67. The van der Waals surface area contributed by atoms with Gasteiger partial charge in [-0.2, -0.15) is 0 Å². The van der Waals surface area contributed by atoms with Crippen LogP contribution in [0.5, 0.6) is 0 Å². The summed E-state index contributed by atoms with van der Waals surface area (Å²) in [7, 11) is 0. The van der Waals surface area contributed by atoms with Gasteiger partial charge in [-0.25, -0.2) is 0 Å². The normalized spacial score (nSPS) is 40.9. The third-order valence-corrected chi connectivity index (χ3v) is 8.59. The summed E-state index contributed by atoms with van der Waals surface area (Å²) >= 11 is 6.15. The molecule has 6 aliphatic rings. The first-order valence-electron chi connectivity index (χ1n) is 11.1. The van der Waals surface area contributed by atoms with Gasteiger partial charge in [0.2, 0.25) is 17.7 Å². The van der Waals surface area contributed by atoms with Gasteiger partial charge in [0.1, 0.15) is 0 Å². The van der Waals surface area contributed by atoms with Crippen molar-refractivity contribution in [1.82, 2.24) is 4.90 Å². The van der Waals surface area contributed by atoms with Crippen LogP contribution in [0.15, 0.2) is 36.4 Å². The van der Waals surface area contributed by atoms with Crippen LogP contribution in [0.4, 0.5) is 5.69 Å². The van der Waals surface area contributed by atoms with Crippen LogP contribution < -0.4 is 5.32 Å². The van der Waals surface area contributed by atoms with Crippen LogP contribution in [-0.4, -0.2) is 28.7 Å². The summed E-state index contributed by atoms with van der Waals surface area (Å²) < 4.78 is 0. The average Bonchev–Trinajstić information content (AvgIpc) is 3.53. The summed E-state index contributed by atoms with van der Waals surface area (Å²) in [5.41, 5.74) is 0.627. The van der Waals surface area contributed by atoms with E-state index in [2.05, 4.69) is 17.5 Å². The molecule has 2 bridgehead atoms. The quantitative estimate of drug-likeness (QED) is 0.591. The van der Waals surface area contributed by atoms with Gasteiger partial charge in [0.05, 0.1) is 22.5 Å². The van der Waals surface area contributed by atoms with Crippen molar-refractivity contribution in [2.45, 2.75) is 38.1 Å². The van der Waals surface area contributed by atoms with Crippen LogP contribution in [0, 0.1) is 41.4 Å². The zero-order chi connectivity index (χ0) is 20.6. The number of hydrogen-bond acceptors (Lipinski definition) is 3. The molecule has 0 unspecified atom stereocenters. The molecule has 1 aromatic rings. The maximum absolute atomic E-state index is 13.3. The van der Waals surface area contributed by atoms with E-state index in [9.17, 15) is 14.4 Å². The van der Waals surface area contributed by atoms with Gasteiger partial charge < -0.3 is 5.32 Å². The van der Waals surface area contributed by atoms with Gasteiger partial charge in [-0.15, -0.1) is 0 Å². The third-order valence-electron chi connectivity index (χ3n) is 8.26. The Hall–Kier alpha value is -2.14. The Morgan fingerprint density at radius 3 is 2.13 bits per heavy atom. The SMILES string of the molecule is O=C(Nc1ccccc1Cl)C1CCC(N2C(=O)[C@@H]3[C@H]4C=C[C@@H]([C@@H]5C[C@H]45)[C@@H]3C2=O)CC1. The molecule has 6 atom stereocenters. The Labute approximate surface area is 180 Å². The standard InChI is InChI=1S/C24H25ClN2O3/c25-18-3-1-2-4-19(18)26-22(28)12-5-7-13(8-6-12)27-23(29)20-14-9-10-15(17-11-16(14)17)21(20)24(27)30/h1-4,9-10,12-17,20-21H,5-8,11H2,(H,26,28)/t12?,13?,14-,15-,16-,17+,20-,21+/m0/s1. The second kappa shape index (κ2) is 6.68. The molecule has 1 aromatic carbocycles. The Bertz CT molecular complexity index is 931. The van der Waals surface area contributed by atoms with Gasteiger partial charge in [0.25, 0.3) is 0 Å². The lowest BCUT2D eigenvalue weighted by molar-refractivity contribution is -0.144. The van der Waals surface area contributed by atoms with E-state index in [-0.39, 0.29) is 53.4 Å². The number of halogens is 1. The Kier molecular flexibility index (Phi) is 4.14. The molecule has 3 amide bonds. The van der Waals surface area contributed by atoms with E-state index in [1.54, 1.807) is 17.0 Å². The molecular weight excluding hydrogens is 400 g/mol. The number of hydrogen-bond donors (Lipinski definition) is 1. The minimum absolute atomic E-state index is 0.0309. The van der Waals surface area contributed by atoms with E-state index >= 15 is 0 Å². The Morgan fingerprint density at radius 2 is 1.53 bits per heavy atom. The first-order chi connectivity index (χ1) is 14.5. The van der Waals surface area contributed by atoms with Crippen LogP contribution in [0.25, 0.3) is 0 Å². The summed E-state index contributed by atoms with van der Waals surface area (Å²) in [5.74, 6) is 1.50. The summed E-state index contributed by atoms with van der Waals surface area (Å²) in [6, 6.07) is 7.16. The number of carbonyl (C=O) groups is 3. The Balaban J connectivity index is 1.12. The van der Waals surface area contributed by atoms with Crippen molar-refractivity contribution in [3.8, 4) is 0 Å². The lowest BCUT2D eigenvalue weighted by Gasteiger charge is -2.37. The molecule has 1 heterocycles. The molecule has 7 rings (SSSR count). The number of nitrogens with one attached hydrogen (secondary N) is 1. The van der Waals surface area contributed by atoms with Gasteiger partial charge in [-0.1, -0.05) is 35.9 Å². The minimum atomic E-state index is -0.127. The highest BCUT2D eigenvalue weighted by Crippen LogP contribution is 2.65. The summed E-state index contributed by atoms with van der Waals surface area (Å²) in [5, 5.41) is 3.45. The van der Waals surface area contributed by atoms with Crippen LogP contribution >= 0.6 is 11.6 Å². The molecule has 3 saturated carbocycles. The lowest BCUT2D eigenvalue weighted by atomic mass is 9.63. The van der Waals surface area contributed by atoms with E-state index in [4.69, 9.17) is 11.6 Å². The fourth-order valence-electron chi connectivity index (χ4n) is 6.73. The molecule has 0 aromatic heterocycles. The number of allylic oxidation sites excluding steroid dienone is 2. The fraction of sp³-hybridized carbons (Fsp3) is 0.542. The van der Waals surface area contributed by atoms with E-state index in [1.807, 2.05) is 12.1 Å². The van der Waals surface area contributed by atoms with Crippen LogP contribution in [0.1, 0.15) is 32.1 Å². The number of nitrogens with zero attached hydrogens (tertiary/aromatic N) is 1. The lowest BCUT2D eigenvalue weighted by Crippen LogP contribution is -2.44. The second-order valence-electron chi connectivity index (χ2n) is 9.68. The predicted octanol–water partition coefficient (Wildman–Crippen LogP) is 3.89. The number of amides is 3. The molecule has 30 heavy (non-hydrogen) atoms. The molecule has 5 aliphatic carbocycles. The number of imide groups is 1. The molecule has 1 N–H and O–H groups in total. The smallest absolute Gasteiger partial charge is 0.233 e. The van der Waals surface area contributed by atoms with E-state index in [1.165, 1.54) is 6.42 Å². The third kappa shape index (κ3) is 2.64. The number of para-hydroxylation sites is 1. The molecule has 5 nitrogen and oxygen atoms in total. The monoisotopic (exact) mass is 424 g/mol. The van der Waals surface area contributed by atoms with Crippen molar-refractivity contribution < 1.29 is 14.4 Å². The highest BCUT2D eigenvalue weighted by molar-refractivity contribution is 6.33. The molecule has 1 saturated heterocycles. The fourth-order valence-corrected chi connectivity index (χ4v) is 6.92. The number of likely N-dealkylation sites (tertiary alicyclic amines) is 1. The molecule has 156 valence electrons. The summed E-state index contributed by atoms with van der Waals surface area (Å²) in [6.45, 7) is 0. The molecule has 4 fully saturated rings. The van der Waals surface area contributed by atoms with Gasteiger partial charge in [0.15, 0.2) is 0 Å². The van der Waals surface area contributed by atoms with Crippen LogP contribution in [-0.2, 0) is 14.4 Å². The van der Waals surface area contributed by atoms with E-state index < -0.39 is 0 Å². The first kappa shape index (κ1) is 18.6. The Morgan fingerprint density at radius 1 is 0.933 bits per heavy atom. The van der Waals surface area contributed by atoms with Crippen molar-refractivity contribution in [2.75, 3.05) is 5.32 Å². The summed E-state index contributed by atoms with van der Waals surface area (Å²) in [4.78, 5) is 40.8. The second-order valence-corrected chi connectivity index (χ2v) is 10.1. The van der Waals surface area contributed by atoms with Crippen molar-refractivity contribution in [3.63, 3.8) is 0 Å². The zero-order valence-electron chi connectivity index (χ0n) is 16.7. The topological polar surface area (TPSA) is 66.5 Å². The van der Waals surface area contributed by atoms with Gasteiger partial charge in [0, 0.05) is 12.0 Å². The molecule has 0 spiro atoms. The van der Waals surface area contributed by atoms with Crippen molar-refractivity contribution in [1.29, 1.82) is 0 Å². The minimum Gasteiger partial charge on any atom is -0.325 e. The maximum Gasteiger partial charge on any atom is 0.233 e. The molecule has 0 radical (unpaired) electrons. The first-order valence-corrected chi connectivity index (χ1v) is 11.5. The van der Waals surface area contributed by atoms with Crippen molar-refractivity contribution in [3.05, 3.63) is 41.4 Å². The van der Waals surface area contributed by atoms with Gasteiger partial charge in [-0.05, 0) is 67.9 Å². The maximum atomic E-state index is 13.3. The number of anilines is 1. The van der Waals surface area contributed by atoms with Gasteiger partial charge in [-0.3, -0.25) is 19.3 Å². The summed E-state index contributed by atoms with van der Waals surface area (Å²) in [6.07, 6.45) is 8.38. The molecular formula is C24H25ClN2O3. The highest BCUT2D eigenvalue weighted by atomic mass is 35.5. The van der Waals surface area contributed by atoms with Gasteiger partial charge >= 0.3 is 0 Å². The zero-order valence-corrected chi connectivity index (χ0v) is 17.4. The number of rotatable bonds is 3. The van der Waals surface area contributed by atoms with Crippen molar-refractivity contribution in [2.24, 2.45) is 41.4 Å². The largest absolute Gasteiger partial charge is 0.325 e. The van der Waals surface area contributed by atoms with E-state index in [0.29, 0.717) is 48.2 Å². The van der Waals surface area contributed by atoms with Crippen LogP contribution in [0.3, 0.4) is 0 Å². The molecule has 6 heteroatoms. The average molecular weight is 425 g/mol. The van der Waals surface area contributed by atoms with Crippen LogP contribution in [0.2, 0.25) is 5.02 Å².